The molecule has 0 unspecified atom stereocenters. The van der Waals surface area contributed by atoms with E-state index in [0.29, 0.717) is 17.5 Å². The minimum atomic E-state index is 0.361. The van der Waals surface area contributed by atoms with E-state index in [1.807, 2.05) is 37.2 Å². The number of fused-ring (bicyclic) bond motifs is 1. The van der Waals surface area contributed by atoms with Gasteiger partial charge in [0.05, 0.1) is 12.6 Å². The molecule has 0 spiro atoms. The number of aromatic nitrogens is 4. The average Bonchev–Trinajstić information content (AvgIpc) is 3.04. The Morgan fingerprint density at radius 2 is 2.26 bits per heavy atom. The van der Waals surface area contributed by atoms with Gasteiger partial charge >= 0.3 is 0 Å². The number of rotatable bonds is 3. The third kappa shape index (κ3) is 2.17. The third-order valence-corrected chi connectivity index (χ3v) is 2.41. The summed E-state index contributed by atoms with van der Waals surface area (Å²) in [6.07, 6.45) is 4.92. The second-order valence-electron chi connectivity index (χ2n) is 4.14. The molecule has 3 aromatic heterocycles. The second kappa shape index (κ2) is 4.52. The van der Waals surface area contributed by atoms with Crippen LogP contribution in [0.2, 0.25) is 0 Å². The Labute approximate surface area is 109 Å². The van der Waals surface area contributed by atoms with E-state index in [0.717, 1.165) is 5.69 Å². The van der Waals surface area contributed by atoms with Gasteiger partial charge in [-0.3, -0.25) is 0 Å². The molecule has 0 aromatic carbocycles. The molecule has 0 saturated heterocycles. The molecule has 0 aliphatic rings. The quantitative estimate of drug-likeness (QED) is 0.526. The van der Waals surface area contributed by atoms with E-state index in [-0.39, 0.29) is 0 Å². The van der Waals surface area contributed by atoms with Gasteiger partial charge in [-0.05, 0) is 18.2 Å². The zero-order valence-corrected chi connectivity index (χ0v) is 10.6. The van der Waals surface area contributed by atoms with Crippen LogP contribution in [0.4, 0.5) is 5.95 Å². The van der Waals surface area contributed by atoms with Gasteiger partial charge in [0.1, 0.15) is 5.69 Å². The molecule has 0 amide bonds. The molecule has 7 nitrogen and oxygen atoms in total. The zero-order chi connectivity index (χ0) is 13.2. The van der Waals surface area contributed by atoms with E-state index in [4.69, 9.17) is 4.42 Å². The van der Waals surface area contributed by atoms with Crippen molar-refractivity contribution in [2.24, 2.45) is 4.99 Å². The summed E-state index contributed by atoms with van der Waals surface area (Å²) >= 11 is 0. The van der Waals surface area contributed by atoms with Crippen molar-refractivity contribution in [2.75, 3.05) is 14.1 Å². The van der Waals surface area contributed by atoms with E-state index < -0.39 is 0 Å². The average molecular weight is 256 g/mol. The summed E-state index contributed by atoms with van der Waals surface area (Å²) in [5.41, 5.74) is 0.786. The molecule has 7 heteroatoms. The molecule has 19 heavy (non-hydrogen) atoms. The van der Waals surface area contributed by atoms with Crippen molar-refractivity contribution < 1.29 is 4.42 Å². The molecule has 96 valence electrons. The smallest absolute Gasteiger partial charge is 0.272 e. The first-order valence-electron chi connectivity index (χ1n) is 5.70. The lowest BCUT2D eigenvalue weighted by molar-refractivity contribution is 0.577. The van der Waals surface area contributed by atoms with Crippen LogP contribution in [0.3, 0.4) is 0 Å². The van der Waals surface area contributed by atoms with Crippen molar-refractivity contribution >= 4 is 18.1 Å². The fourth-order valence-corrected chi connectivity index (χ4v) is 1.62. The Balaban J connectivity index is 2.10. The standard InChI is InChI=1S/C12H12N6O/c1-17(2)8-14-11-15-12-13-6-5-9(18(12)16-11)10-4-3-7-19-10/h3-8H,1-2H3/b14-8+. The van der Waals surface area contributed by atoms with Crippen molar-refractivity contribution in [3.05, 3.63) is 30.7 Å². The highest BCUT2D eigenvalue weighted by Crippen LogP contribution is 2.20. The summed E-state index contributed by atoms with van der Waals surface area (Å²) in [4.78, 5) is 14.4. The maximum atomic E-state index is 5.37. The topological polar surface area (TPSA) is 71.8 Å². The van der Waals surface area contributed by atoms with Gasteiger partial charge in [-0.15, -0.1) is 5.10 Å². The molecule has 3 aromatic rings. The third-order valence-electron chi connectivity index (χ3n) is 2.41. The number of furan rings is 1. The fourth-order valence-electron chi connectivity index (χ4n) is 1.62. The Kier molecular flexibility index (Phi) is 2.71. The lowest BCUT2D eigenvalue weighted by Gasteiger charge is -1.99. The molecule has 0 radical (unpaired) electrons. The predicted octanol–water partition coefficient (Wildman–Crippen LogP) is 1.61. The molecule has 3 rings (SSSR count). The van der Waals surface area contributed by atoms with Gasteiger partial charge in [-0.1, -0.05) is 0 Å². The van der Waals surface area contributed by atoms with Crippen molar-refractivity contribution in [3.63, 3.8) is 0 Å². The Morgan fingerprint density at radius 1 is 1.37 bits per heavy atom. The van der Waals surface area contributed by atoms with Gasteiger partial charge in [-0.2, -0.15) is 9.50 Å². The highest BCUT2D eigenvalue weighted by Gasteiger charge is 2.10. The summed E-state index contributed by atoms with van der Waals surface area (Å²) in [6, 6.07) is 5.50. The normalized spacial score (nSPS) is 11.5. The van der Waals surface area contributed by atoms with Crippen LogP contribution in [0, 0.1) is 0 Å². The molecule has 0 aliphatic heterocycles. The molecule has 0 aliphatic carbocycles. The molecule has 0 bridgehead atoms. The first-order valence-corrected chi connectivity index (χ1v) is 5.70. The van der Waals surface area contributed by atoms with Gasteiger partial charge in [0, 0.05) is 20.3 Å². The molecule has 0 atom stereocenters. The van der Waals surface area contributed by atoms with Crippen molar-refractivity contribution in [1.82, 2.24) is 24.5 Å². The molecule has 3 heterocycles. The minimum absolute atomic E-state index is 0.361. The van der Waals surface area contributed by atoms with Crippen LogP contribution in [0.1, 0.15) is 0 Å². The first kappa shape index (κ1) is 11.4. The molecule has 0 saturated carbocycles. The van der Waals surface area contributed by atoms with Crippen LogP contribution in [-0.4, -0.2) is 44.9 Å². The largest absolute Gasteiger partial charge is 0.463 e. The summed E-state index contributed by atoms with van der Waals surface area (Å²) in [5.74, 6) is 1.56. The lowest BCUT2D eigenvalue weighted by atomic mass is 10.3. The van der Waals surface area contributed by atoms with Crippen molar-refractivity contribution in [3.8, 4) is 11.5 Å². The Bertz CT molecular complexity index is 713. The number of nitrogens with zero attached hydrogens (tertiary/aromatic N) is 6. The Hall–Kier alpha value is -2.70. The Morgan fingerprint density at radius 3 is 3.00 bits per heavy atom. The summed E-state index contributed by atoms with van der Waals surface area (Å²) in [7, 11) is 3.76. The maximum Gasteiger partial charge on any atom is 0.272 e. The van der Waals surface area contributed by atoms with E-state index in [1.165, 1.54) is 0 Å². The lowest BCUT2D eigenvalue weighted by Crippen LogP contribution is -2.07. The number of hydrogen-bond acceptors (Lipinski definition) is 5. The minimum Gasteiger partial charge on any atom is -0.463 e. The summed E-state index contributed by atoms with van der Waals surface area (Å²) < 4.78 is 6.98. The fraction of sp³-hybridized carbons (Fsp3) is 0.167. The molecule has 0 fully saturated rings. The number of aliphatic imine (C=N–C) groups is 1. The van der Waals surface area contributed by atoms with E-state index in [1.54, 1.807) is 23.3 Å². The van der Waals surface area contributed by atoms with Crippen molar-refractivity contribution in [2.45, 2.75) is 0 Å². The van der Waals surface area contributed by atoms with Crippen LogP contribution in [0.15, 0.2) is 40.1 Å². The van der Waals surface area contributed by atoms with E-state index >= 15 is 0 Å². The van der Waals surface area contributed by atoms with Crippen LogP contribution >= 0.6 is 0 Å². The highest BCUT2D eigenvalue weighted by atomic mass is 16.3. The van der Waals surface area contributed by atoms with Crippen molar-refractivity contribution in [1.29, 1.82) is 0 Å². The summed E-state index contributed by atoms with van der Waals surface area (Å²) in [6.45, 7) is 0. The van der Waals surface area contributed by atoms with Gasteiger partial charge in [-0.25, -0.2) is 9.98 Å². The zero-order valence-electron chi connectivity index (χ0n) is 10.6. The van der Waals surface area contributed by atoms with Gasteiger partial charge in [0.25, 0.3) is 11.7 Å². The van der Waals surface area contributed by atoms with E-state index in [2.05, 4.69) is 20.1 Å². The van der Waals surface area contributed by atoms with Gasteiger partial charge in [0.2, 0.25) is 0 Å². The monoisotopic (exact) mass is 256 g/mol. The molecular weight excluding hydrogens is 244 g/mol. The first-order chi connectivity index (χ1) is 9.24. The van der Waals surface area contributed by atoms with Crippen LogP contribution in [0.5, 0.6) is 0 Å². The highest BCUT2D eigenvalue weighted by molar-refractivity contribution is 5.59. The predicted molar refractivity (Wildman–Crippen MR) is 70.3 cm³/mol. The number of hydrogen-bond donors (Lipinski definition) is 0. The summed E-state index contributed by atoms with van der Waals surface area (Å²) in [5, 5.41) is 4.30. The van der Waals surface area contributed by atoms with E-state index in [9.17, 15) is 0 Å². The second-order valence-corrected chi connectivity index (χ2v) is 4.14. The molecule has 0 N–H and O–H groups in total. The molecular formula is C12H12N6O. The van der Waals surface area contributed by atoms with Gasteiger partial charge in [0.15, 0.2) is 5.76 Å². The van der Waals surface area contributed by atoms with Gasteiger partial charge < -0.3 is 9.32 Å². The SMILES string of the molecule is CN(C)/C=N/c1nc2nccc(-c3ccco3)n2n1. The van der Waals surface area contributed by atoms with Crippen LogP contribution < -0.4 is 0 Å². The maximum absolute atomic E-state index is 5.37. The van der Waals surface area contributed by atoms with Crippen LogP contribution in [-0.2, 0) is 0 Å². The van der Waals surface area contributed by atoms with Crippen LogP contribution in [0.25, 0.3) is 17.2 Å².